The maximum atomic E-state index is 12.8. The highest BCUT2D eigenvalue weighted by atomic mass is 31.2. The number of phosphoric ester groups is 1. The molecule has 9 nitrogen and oxygen atoms in total. The molecule has 0 aromatic carbocycles. The first-order valence-electron chi connectivity index (χ1n) is 31.2. The van der Waals surface area contributed by atoms with Gasteiger partial charge in [0.15, 0.2) is 6.10 Å². The van der Waals surface area contributed by atoms with Crippen molar-refractivity contribution in [3.8, 4) is 0 Å². The van der Waals surface area contributed by atoms with Gasteiger partial charge >= 0.3 is 19.8 Å². The van der Waals surface area contributed by atoms with Gasteiger partial charge in [-0.15, -0.1) is 0 Å². The van der Waals surface area contributed by atoms with Crippen molar-refractivity contribution >= 4 is 19.8 Å². The average Bonchev–Trinajstić information content (AvgIpc) is 3.42. The number of ether oxygens (including phenoxy) is 2. The van der Waals surface area contributed by atoms with Gasteiger partial charge in [-0.05, 0) is 122 Å². The zero-order chi connectivity index (χ0) is 58.4. The van der Waals surface area contributed by atoms with E-state index in [9.17, 15) is 19.0 Å². The van der Waals surface area contributed by atoms with Gasteiger partial charge in [0, 0.05) is 12.8 Å². The number of esters is 2. The van der Waals surface area contributed by atoms with Crippen LogP contribution < -0.4 is 0 Å². The Kier molecular flexibility index (Phi) is 56.0. The Hall–Kier alpha value is -4.37. The molecular formula is C70H115NO8P+. The third-order valence-corrected chi connectivity index (χ3v) is 13.5. The van der Waals surface area contributed by atoms with Crippen molar-refractivity contribution in [2.45, 2.75) is 225 Å². The molecule has 0 bridgehead atoms. The molecule has 0 aliphatic rings. The highest BCUT2D eigenvalue weighted by molar-refractivity contribution is 7.47. The molecule has 1 N–H and O–H groups in total. The molecule has 10 heteroatoms. The van der Waals surface area contributed by atoms with Crippen LogP contribution in [-0.2, 0) is 32.7 Å². The predicted molar refractivity (Wildman–Crippen MR) is 343 cm³/mol. The van der Waals surface area contributed by atoms with Crippen LogP contribution in [0.15, 0.2) is 158 Å². The van der Waals surface area contributed by atoms with Gasteiger partial charge in [0.1, 0.15) is 19.8 Å². The highest BCUT2D eigenvalue weighted by Gasteiger charge is 2.27. The first-order chi connectivity index (χ1) is 39.0. The van der Waals surface area contributed by atoms with Crippen LogP contribution in [0.3, 0.4) is 0 Å². The van der Waals surface area contributed by atoms with E-state index in [4.69, 9.17) is 18.5 Å². The smallest absolute Gasteiger partial charge is 0.462 e. The number of carbonyl (C=O) groups is 2. The Bertz CT molecular complexity index is 1900. The molecule has 0 saturated heterocycles. The summed E-state index contributed by atoms with van der Waals surface area (Å²) in [6, 6.07) is 0. The summed E-state index contributed by atoms with van der Waals surface area (Å²) in [6.07, 6.45) is 88.8. The molecule has 0 fully saturated rings. The zero-order valence-corrected chi connectivity index (χ0v) is 52.1. The summed E-state index contributed by atoms with van der Waals surface area (Å²) in [4.78, 5) is 35.8. The Morgan fingerprint density at radius 3 is 1.00 bits per heavy atom. The third-order valence-electron chi connectivity index (χ3n) is 12.6. The Morgan fingerprint density at radius 2 is 0.675 bits per heavy atom. The fourth-order valence-electron chi connectivity index (χ4n) is 7.82. The standard InChI is InChI=1S/C70H114NO8P/c1-6-8-10-12-14-16-18-20-22-24-26-28-30-32-34-35-37-39-41-43-45-47-49-51-53-55-57-59-61-63-70(73)79-68(67-78-80(74,75)77-65-64-71(3,4)5)66-76-69(72)62-60-58-56-54-52-50-48-46-44-42-40-38-36-33-31-29-27-25-23-21-19-17-15-13-11-9-7-2/h8-11,14-17,20-23,26-29,32-34,36-37,39,43,45,49,51,68H,6-7,12-13,18-19,24-25,30-31,35,38,40-42,44,46-48,50,52-67H2,1-5H3/p+1/b10-8-,11-9-,16-14-,17-15-,22-20-,23-21-,28-26-,29-27-,34-32-,36-33-,39-37-,45-43-,51-49-. The second-order valence-corrected chi connectivity index (χ2v) is 22.8. The number of hydrogen-bond acceptors (Lipinski definition) is 7. The van der Waals surface area contributed by atoms with Crippen LogP contribution in [0.25, 0.3) is 0 Å². The molecule has 0 rings (SSSR count). The number of allylic oxidation sites excluding steroid dienone is 26. The highest BCUT2D eigenvalue weighted by Crippen LogP contribution is 2.43. The van der Waals surface area contributed by atoms with E-state index in [0.29, 0.717) is 17.4 Å². The van der Waals surface area contributed by atoms with Crippen molar-refractivity contribution in [1.29, 1.82) is 0 Å². The van der Waals surface area contributed by atoms with Crippen LogP contribution in [0, 0.1) is 0 Å². The lowest BCUT2D eigenvalue weighted by atomic mass is 10.0. The number of hydrogen-bond donors (Lipinski definition) is 1. The molecule has 2 unspecified atom stereocenters. The lowest BCUT2D eigenvalue weighted by Crippen LogP contribution is -2.37. The summed E-state index contributed by atoms with van der Waals surface area (Å²) < 4.78 is 34.6. The van der Waals surface area contributed by atoms with Crippen LogP contribution in [0.2, 0.25) is 0 Å². The van der Waals surface area contributed by atoms with Crippen LogP contribution in [0.4, 0.5) is 0 Å². The van der Waals surface area contributed by atoms with Gasteiger partial charge in [0.05, 0.1) is 27.7 Å². The number of likely N-dealkylation sites (N-methyl/N-ethyl adjacent to an activating group) is 1. The lowest BCUT2D eigenvalue weighted by Gasteiger charge is -2.24. The van der Waals surface area contributed by atoms with Crippen LogP contribution in [0.1, 0.15) is 219 Å². The van der Waals surface area contributed by atoms with E-state index < -0.39 is 26.5 Å². The molecule has 0 aromatic rings. The van der Waals surface area contributed by atoms with E-state index in [-0.39, 0.29) is 32.0 Å². The first-order valence-corrected chi connectivity index (χ1v) is 32.7. The topological polar surface area (TPSA) is 108 Å². The van der Waals surface area contributed by atoms with Crippen LogP contribution in [0.5, 0.6) is 0 Å². The summed E-state index contributed by atoms with van der Waals surface area (Å²) in [7, 11) is 1.43. The van der Waals surface area contributed by atoms with Crippen molar-refractivity contribution in [3.63, 3.8) is 0 Å². The molecule has 0 saturated carbocycles. The number of unbranched alkanes of at least 4 members (excludes halogenated alkanes) is 15. The second-order valence-electron chi connectivity index (χ2n) is 21.3. The number of nitrogens with zero attached hydrogens (tertiary/aromatic N) is 1. The number of carbonyl (C=O) groups excluding carboxylic acids is 2. The molecule has 452 valence electrons. The minimum Gasteiger partial charge on any atom is -0.462 e. The number of phosphoric acid groups is 1. The largest absolute Gasteiger partial charge is 0.472 e. The normalized spacial score (nSPS) is 14.3. The summed E-state index contributed by atoms with van der Waals surface area (Å²) >= 11 is 0. The molecule has 0 aromatic heterocycles. The van der Waals surface area contributed by atoms with E-state index in [0.717, 1.165) is 141 Å². The van der Waals surface area contributed by atoms with Gasteiger partial charge in [0.2, 0.25) is 0 Å². The van der Waals surface area contributed by atoms with Crippen LogP contribution >= 0.6 is 7.82 Å². The summed E-state index contributed by atoms with van der Waals surface area (Å²) in [5.74, 6) is -0.842. The van der Waals surface area contributed by atoms with E-state index in [1.54, 1.807) is 0 Å². The Balaban J connectivity index is 4.25. The van der Waals surface area contributed by atoms with Gasteiger partial charge in [-0.3, -0.25) is 18.6 Å². The molecule has 0 amide bonds. The predicted octanol–water partition coefficient (Wildman–Crippen LogP) is 20.0. The average molecular weight is 1130 g/mol. The maximum absolute atomic E-state index is 12.8. The Morgan fingerprint density at radius 1 is 0.388 bits per heavy atom. The van der Waals surface area contributed by atoms with E-state index in [2.05, 4.69) is 172 Å². The summed E-state index contributed by atoms with van der Waals surface area (Å²) in [5.41, 5.74) is 0. The molecule has 2 atom stereocenters. The van der Waals surface area contributed by atoms with Crippen molar-refractivity contribution in [2.24, 2.45) is 0 Å². The fraction of sp³-hybridized carbons (Fsp3) is 0.600. The lowest BCUT2D eigenvalue weighted by molar-refractivity contribution is -0.870. The quantitative estimate of drug-likeness (QED) is 0.0211. The molecule has 80 heavy (non-hydrogen) atoms. The summed E-state index contributed by atoms with van der Waals surface area (Å²) in [5, 5.41) is 0. The van der Waals surface area contributed by atoms with E-state index in [1.165, 1.54) is 44.9 Å². The maximum Gasteiger partial charge on any atom is 0.472 e. The fourth-order valence-corrected chi connectivity index (χ4v) is 8.56. The van der Waals surface area contributed by atoms with Crippen molar-refractivity contribution in [3.05, 3.63) is 158 Å². The molecule has 0 aliphatic heterocycles. The van der Waals surface area contributed by atoms with Gasteiger partial charge < -0.3 is 18.9 Å². The van der Waals surface area contributed by atoms with E-state index >= 15 is 0 Å². The van der Waals surface area contributed by atoms with Gasteiger partial charge in [-0.1, -0.05) is 242 Å². The van der Waals surface area contributed by atoms with Crippen molar-refractivity contribution < 1.29 is 42.1 Å². The molecule has 0 radical (unpaired) electrons. The number of quaternary nitrogens is 1. The van der Waals surface area contributed by atoms with E-state index in [1.807, 2.05) is 21.1 Å². The van der Waals surface area contributed by atoms with Gasteiger partial charge in [-0.2, -0.15) is 0 Å². The minimum absolute atomic E-state index is 0.0166. The van der Waals surface area contributed by atoms with Gasteiger partial charge in [0.25, 0.3) is 0 Å². The number of rotatable bonds is 55. The summed E-state index contributed by atoms with van der Waals surface area (Å²) in [6.45, 7) is 4.15. The van der Waals surface area contributed by atoms with Crippen molar-refractivity contribution in [1.82, 2.24) is 0 Å². The monoisotopic (exact) mass is 1130 g/mol. The van der Waals surface area contributed by atoms with Crippen molar-refractivity contribution in [2.75, 3.05) is 47.5 Å². The molecular weight excluding hydrogens is 1010 g/mol. The molecule has 0 aliphatic carbocycles. The first kappa shape index (κ1) is 75.6. The zero-order valence-electron chi connectivity index (χ0n) is 51.2. The Labute approximate surface area is 490 Å². The van der Waals surface area contributed by atoms with Crippen LogP contribution in [-0.4, -0.2) is 74.9 Å². The SMILES string of the molecule is CC/C=C\C/C=C\C/C=C\C/C=C\C/C=C\C/C=C\C/C=C\C/C=C\CCCCCCC(=O)OC(COC(=O)CCCCCCCCCCCCC/C=C\C/C=C\C/C=C\C/C=C\C/C=C\CC)COP(=O)(O)OCC[N+](C)(C)C. The molecule has 0 spiro atoms. The minimum atomic E-state index is -4.41. The molecule has 0 heterocycles. The third kappa shape index (κ3) is 62.8. The van der Waals surface area contributed by atoms with Gasteiger partial charge in [-0.25, -0.2) is 4.57 Å². The second kappa shape index (κ2) is 59.3.